The van der Waals surface area contributed by atoms with Crippen LogP contribution >= 0.6 is 11.6 Å². The molecule has 34 heavy (non-hydrogen) atoms. The van der Waals surface area contributed by atoms with E-state index in [4.69, 9.17) is 21.4 Å². The number of anilines is 1. The molecule has 0 aliphatic heterocycles. The Kier molecular flexibility index (Phi) is 5.49. The summed E-state index contributed by atoms with van der Waals surface area (Å²) >= 11 is 6.11. The largest absolute Gasteiger partial charge is 0.478 e. The average molecular weight is 477 g/mol. The van der Waals surface area contributed by atoms with E-state index in [9.17, 15) is 14.4 Å². The Morgan fingerprint density at radius 2 is 1.59 bits per heavy atom. The summed E-state index contributed by atoms with van der Waals surface area (Å²) in [5, 5.41) is 14.7. The highest BCUT2D eigenvalue weighted by molar-refractivity contribution is 6.34. The molecule has 8 heteroatoms. The number of halogens is 1. The van der Waals surface area contributed by atoms with Crippen LogP contribution in [0.4, 0.5) is 10.5 Å². The van der Waals surface area contributed by atoms with Crippen LogP contribution in [0.5, 0.6) is 0 Å². The van der Waals surface area contributed by atoms with Crippen molar-refractivity contribution in [2.75, 3.05) is 11.9 Å². The zero-order chi connectivity index (χ0) is 23.9. The molecular formula is C26H21ClN2O5. The summed E-state index contributed by atoms with van der Waals surface area (Å²) in [6.45, 7) is 0.143. The third kappa shape index (κ3) is 3.99. The number of aromatic carboxylic acids is 1. The summed E-state index contributed by atoms with van der Waals surface area (Å²) in [7, 11) is 0. The van der Waals surface area contributed by atoms with Crippen molar-refractivity contribution in [3.63, 3.8) is 0 Å². The first-order valence-electron chi connectivity index (χ1n) is 10.9. The van der Waals surface area contributed by atoms with Gasteiger partial charge < -0.3 is 20.5 Å². The number of carbonyl (C=O) groups excluding carboxylic acids is 2. The molecule has 1 fully saturated rings. The maximum absolute atomic E-state index is 12.9. The first-order chi connectivity index (χ1) is 16.4. The van der Waals surface area contributed by atoms with Gasteiger partial charge in [-0.3, -0.25) is 4.79 Å². The van der Waals surface area contributed by atoms with Crippen LogP contribution in [0.25, 0.3) is 11.1 Å². The molecule has 0 radical (unpaired) electrons. The Morgan fingerprint density at radius 3 is 2.18 bits per heavy atom. The molecule has 172 valence electrons. The van der Waals surface area contributed by atoms with E-state index in [1.54, 1.807) is 0 Å². The standard InChI is InChI=1S/C26H21ClN2O5/c27-21-10-9-15(23(30)31)13-22(21)28-24(32)26(11-12-26)29-25(33)34-14-20-18-7-3-1-5-16(18)17-6-2-4-8-19(17)20/h1-10,13,20H,11-12,14H2,(H,28,32)(H,29,33)(H,30,31). The van der Waals surface area contributed by atoms with Gasteiger partial charge in [0.1, 0.15) is 12.1 Å². The van der Waals surface area contributed by atoms with Gasteiger partial charge >= 0.3 is 12.1 Å². The van der Waals surface area contributed by atoms with Gasteiger partial charge in [-0.05, 0) is 53.3 Å². The summed E-state index contributed by atoms with van der Waals surface area (Å²) in [6, 6.07) is 20.1. The molecule has 0 heterocycles. The minimum atomic E-state index is -1.13. The summed E-state index contributed by atoms with van der Waals surface area (Å²) in [4.78, 5) is 36.7. The molecule has 2 aliphatic carbocycles. The molecule has 0 unspecified atom stereocenters. The van der Waals surface area contributed by atoms with Gasteiger partial charge in [0.15, 0.2) is 0 Å². The molecule has 5 rings (SSSR count). The van der Waals surface area contributed by atoms with Gasteiger partial charge in [-0.1, -0.05) is 60.1 Å². The van der Waals surface area contributed by atoms with E-state index < -0.39 is 23.5 Å². The number of amides is 2. The molecule has 0 bridgehead atoms. The van der Waals surface area contributed by atoms with E-state index in [-0.39, 0.29) is 28.8 Å². The van der Waals surface area contributed by atoms with E-state index >= 15 is 0 Å². The Morgan fingerprint density at radius 1 is 0.971 bits per heavy atom. The first-order valence-corrected chi connectivity index (χ1v) is 11.2. The lowest BCUT2D eigenvalue weighted by atomic mass is 9.98. The van der Waals surface area contributed by atoms with Crippen molar-refractivity contribution in [1.29, 1.82) is 0 Å². The first kappa shape index (κ1) is 22.0. The number of alkyl carbamates (subject to hydrolysis) is 1. The van der Waals surface area contributed by atoms with Crippen LogP contribution in [0.15, 0.2) is 66.7 Å². The van der Waals surface area contributed by atoms with E-state index in [0.29, 0.717) is 12.8 Å². The molecular weight excluding hydrogens is 456 g/mol. The Hall–Kier alpha value is -3.84. The van der Waals surface area contributed by atoms with Crippen LogP contribution in [-0.2, 0) is 9.53 Å². The summed E-state index contributed by atoms with van der Waals surface area (Å²) in [5.41, 5.74) is 3.52. The zero-order valence-corrected chi connectivity index (χ0v) is 18.8. The maximum Gasteiger partial charge on any atom is 0.408 e. The van der Waals surface area contributed by atoms with E-state index in [1.165, 1.54) is 18.2 Å². The minimum Gasteiger partial charge on any atom is -0.478 e. The van der Waals surface area contributed by atoms with E-state index in [2.05, 4.69) is 22.8 Å². The predicted molar refractivity (Wildman–Crippen MR) is 127 cm³/mol. The number of hydrogen-bond acceptors (Lipinski definition) is 4. The average Bonchev–Trinajstić information content (AvgIpc) is 3.54. The van der Waals surface area contributed by atoms with Crippen molar-refractivity contribution in [3.05, 3.63) is 88.4 Å². The molecule has 7 nitrogen and oxygen atoms in total. The van der Waals surface area contributed by atoms with Gasteiger partial charge in [-0.25, -0.2) is 9.59 Å². The third-order valence-corrected chi connectivity index (χ3v) is 6.66. The monoisotopic (exact) mass is 476 g/mol. The second kappa shape index (κ2) is 8.50. The molecule has 0 saturated heterocycles. The zero-order valence-electron chi connectivity index (χ0n) is 18.0. The molecule has 0 spiro atoms. The molecule has 0 aromatic heterocycles. The highest BCUT2D eigenvalue weighted by Gasteiger charge is 2.52. The molecule has 1 saturated carbocycles. The van der Waals surface area contributed by atoms with Gasteiger partial charge in [0.2, 0.25) is 5.91 Å². The summed E-state index contributed by atoms with van der Waals surface area (Å²) < 4.78 is 5.56. The molecule has 2 amide bonds. The quantitative estimate of drug-likeness (QED) is 0.462. The van der Waals surface area contributed by atoms with Crippen molar-refractivity contribution < 1.29 is 24.2 Å². The lowest BCUT2D eigenvalue weighted by Crippen LogP contribution is -2.46. The highest BCUT2D eigenvalue weighted by Crippen LogP contribution is 2.44. The summed E-state index contributed by atoms with van der Waals surface area (Å²) in [6.07, 6.45) is 0.207. The molecule has 0 atom stereocenters. The SMILES string of the molecule is O=C(NC1(C(=O)Nc2cc(C(=O)O)ccc2Cl)CC1)OCC1c2ccccc2-c2ccccc21. The Bertz CT molecular complexity index is 1270. The number of carbonyl (C=O) groups is 3. The number of carboxylic acid groups (broad SMARTS) is 1. The summed E-state index contributed by atoms with van der Waals surface area (Å²) in [5.74, 6) is -1.68. The number of rotatable bonds is 6. The predicted octanol–water partition coefficient (Wildman–Crippen LogP) is 5.05. The second-order valence-electron chi connectivity index (χ2n) is 8.49. The van der Waals surface area contributed by atoms with E-state index in [1.807, 2.05) is 36.4 Å². The van der Waals surface area contributed by atoms with Crippen molar-refractivity contribution in [1.82, 2.24) is 5.32 Å². The van der Waals surface area contributed by atoms with Gasteiger partial charge in [0.25, 0.3) is 0 Å². The lowest BCUT2D eigenvalue weighted by Gasteiger charge is -2.19. The number of benzene rings is 3. The molecule has 2 aliphatic rings. The maximum atomic E-state index is 12.9. The minimum absolute atomic E-state index is 0.00552. The Balaban J connectivity index is 1.25. The number of ether oxygens (including phenoxy) is 1. The normalized spacial score (nSPS) is 15.1. The van der Waals surface area contributed by atoms with Crippen LogP contribution in [0, 0.1) is 0 Å². The van der Waals surface area contributed by atoms with Crippen molar-refractivity contribution >= 4 is 35.3 Å². The molecule has 3 aromatic rings. The number of nitrogens with one attached hydrogen (secondary N) is 2. The van der Waals surface area contributed by atoms with Crippen molar-refractivity contribution in [3.8, 4) is 11.1 Å². The van der Waals surface area contributed by atoms with E-state index in [0.717, 1.165) is 22.3 Å². The fourth-order valence-corrected chi connectivity index (χ4v) is 4.52. The van der Waals surface area contributed by atoms with Crippen LogP contribution in [-0.4, -0.2) is 35.2 Å². The van der Waals surface area contributed by atoms with Gasteiger partial charge in [-0.15, -0.1) is 0 Å². The van der Waals surface area contributed by atoms with Crippen LogP contribution < -0.4 is 10.6 Å². The number of carboxylic acids is 1. The smallest absolute Gasteiger partial charge is 0.408 e. The van der Waals surface area contributed by atoms with Crippen LogP contribution in [0.3, 0.4) is 0 Å². The van der Waals surface area contributed by atoms with Crippen LogP contribution in [0.1, 0.15) is 40.2 Å². The topological polar surface area (TPSA) is 105 Å². The fraction of sp³-hybridized carbons (Fsp3) is 0.192. The number of hydrogen-bond donors (Lipinski definition) is 3. The van der Waals surface area contributed by atoms with Gasteiger partial charge in [0, 0.05) is 5.92 Å². The highest BCUT2D eigenvalue weighted by atomic mass is 35.5. The Labute approximate surface area is 200 Å². The third-order valence-electron chi connectivity index (χ3n) is 6.33. The van der Waals surface area contributed by atoms with Gasteiger partial charge in [-0.2, -0.15) is 0 Å². The lowest BCUT2D eigenvalue weighted by molar-refractivity contribution is -0.119. The van der Waals surface area contributed by atoms with Crippen molar-refractivity contribution in [2.45, 2.75) is 24.3 Å². The van der Waals surface area contributed by atoms with Crippen molar-refractivity contribution in [2.24, 2.45) is 0 Å². The molecule has 3 N–H and O–H groups in total. The number of fused-ring (bicyclic) bond motifs is 3. The molecule has 3 aromatic carbocycles. The fourth-order valence-electron chi connectivity index (χ4n) is 4.36. The second-order valence-corrected chi connectivity index (χ2v) is 8.89. The van der Waals surface area contributed by atoms with Crippen LogP contribution in [0.2, 0.25) is 5.02 Å². The van der Waals surface area contributed by atoms with Gasteiger partial charge in [0.05, 0.1) is 16.3 Å².